The second-order valence-electron chi connectivity index (χ2n) is 11.9. The molecule has 0 atom stereocenters. The lowest BCUT2D eigenvalue weighted by atomic mass is 9.80. The molecule has 41 heavy (non-hydrogen) atoms. The van der Waals surface area contributed by atoms with Crippen molar-refractivity contribution in [1.82, 2.24) is 14.5 Å². The van der Waals surface area contributed by atoms with Gasteiger partial charge in [-0.2, -0.15) is 0 Å². The third kappa shape index (κ3) is 4.81. The molecule has 3 aliphatic rings. The van der Waals surface area contributed by atoms with Crippen molar-refractivity contribution < 1.29 is 24.2 Å². The van der Waals surface area contributed by atoms with Crippen molar-refractivity contribution in [1.29, 1.82) is 0 Å². The van der Waals surface area contributed by atoms with Gasteiger partial charge in [0, 0.05) is 36.8 Å². The Balaban J connectivity index is 1.10. The van der Waals surface area contributed by atoms with E-state index in [4.69, 9.17) is 14.5 Å². The van der Waals surface area contributed by atoms with E-state index >= 15 is 0 Å². The predicted molar refractivity (Wildman–Crippen MR) is 153 cm³/mol. The van der Waals surface area contributed by atoms with Crippen LogP contribution in [0, 0.1) is 5.41 Å². The van der Waals surface area contributed by atoms with Crippen molar-refractivity contribution in [2.45, 2.75) is 63.6 Å². The number of carboxylic acid groups (broad SMARTS) is 1. The van der Waals surface area contributed by atoms with Gasteiger partial charge in [-0.15, -0.1) is 0 Å². The van der Waals surface area contributed by atoms with E-state index in [2.05, 4.69) is 22.8 Å². The summed E-state index contributed by atoms with van der Waals surface area (Å²) in [6.45, 7) is 1.88. The molecule has 2 aliphatic carbocycles. The lowest BCUT2D eigenvalue weighted by molar-refractivity contribution is -0.134. The summed E-state index contributed by atoms with van der Waals surface area (Å²) in [5, 5.41) is 10.4. The molecule has 0 saturated heterocycles. The Bertz CT molecular complexity index is 1600. The van der Waals surface area contributed by atoms with E-state index in [0.29, 0.717) is 45.3 Å². The minimum Gasteiger partial charge on any atom is -0.457 e. The number of hydrogen-bond donors (Lipinski definition) is 1. The van der Waals surface area contributed by atoms with Crippen LogP contribution in [0.5, 0.6) is 11.5 Å². The number of ether oxygens (including phenoxy) is 2. The fourth-order valence-corrected chi connectivity index (χ4v) is 7.38. The lowest BCUT2D eigenvalue weighted by Crippen LogP contribution is -2.39. The summed E-state index contributed by atoms with van der Waals surface area (Å²) in [7, 11) is 0. The van der Waals surface area contributed by atoms with Gasteiger partial charge in [0.15, 0.2) is 0 Å². The van der Waals surface area contributed by atoms with Crippen LogP contribution in [0.2, 0.25) is 0 Å². The fourth-order valence-electron chi connectivity index (χ4n) is 7.38. The number of pyridine rings is 1. The minimum atomic E-state index is -1.21. The highest BCUT2D eigenvalue weighted by atomic mass is 16.7. The van der Waals surface area contributed by atoms with Crippen molar-refractivity contribution >= 4 is 23.1 Å². The first-order chi connectivity index (χ1) is 19.9. The number of fused-ring (bicyclic) bond motifs is 5. The van der Waals surface area contributed by atoms with E-state index < -0.39 is 11.8 Å². The number of rotatable bonds is 7. The zero-order valence-electron chi connectivity index (χ0n) is 22.9. The van der Waals surface area contributed by atoms with E-state index in [0.717, 1.165) is 53.1 Å². The molecule has 0 spiro atoms. The highest BCUT2D eigenvalue weighted by Gasteiger charge is 2.57. The summed E-state index contributed by atoms with van der Waals surface area (Å²) in [6.07, 6.45) is 5.64. The molecular formula is C33H33N3O5. The summed E-state index contributed by atoms with van der Waals surface area (Å²) in [5.74, 6) is 1.73. The molecule has 0 radical (unpaired) electrons. The molecule has 1 amide bonds. The third-order valence-electron chi connectivity index (χ3n) is 9.36. The number of carbonyl (C=O) groups is 2. The van der Waals surface area contributed by atoms with Crippen LogP contribution in [0.3, 0.4) is 0 Å². The maximum atomic E-state index is 13.7. The second kappa shape index (κ2) is 9.94. The maximum Gasteiger partial charge on any atom is 0.506 e. The van der Waals surface area contributed by atoms with Gasteiger partial charge < -0.3 is 24.0 Å². The summed E-state index contributed by atoms with van der Waals surface area (Å²) in [5.41, 5.74) is 3.74. The maximum absolute atomic E-state index is 13.7. The molecule has 0 unspecified atom stereocenters. The monoisotopic (exact) mass is 551 g/mol. The molecule has 2 aromatic carbocycles. The van der Waals surface area contributed by atoms with Crippen LogP contribution in [-0.4, -0.2) is 43.8 Å². The van der Waals surface area contributed by atoms with Crippen LogP contribution in [0.25, 0.3) is 11.0 Å². The van der Waals surface area contributed by atoms with Gasteiger partial charge in [0.25, 0.3) is 0 Å². The first-order valence-corrected chi connectivity index (χ1v) is 14.4. The minimum absolute atomic E-state index is 0.148. The number of para-hydroxylation sites is 1. The first-order valence-electron chi connectivity index (χ1n) is 14.4. The SMILES string of the molecule is O=C(O)OC12CCC(CC(=O)N3CCc4c(n(Cc5ccc(Oc6ccccc6)cc5)c5ncccc45)C3)(CC1)C2. The molecule has 4 aromatic rings. The molecule has 8 nitrogen and oxygen atoms in total. The van der Waals surface area contributed by atoms with Crippen LogP contribution in [0.1, 0.15) is 55.3 Å². The van der Waals surface area contributed by atoms with E-state index in [9.17, 15) is 14.7 Å². The Morgan fingerprint density at radius 1 is 0.927 bits per heavy atom. The largest absolute Gasteiger partial charge is 0.506 e. The van der Waals surface area contributed by atoms with Crippen LogP contribution in [-0.2, 0) is 29.0 Å². The Morgan fingerprint density at radius 3 is 2.44 bits per heavy atom. The number of benzene rings is 2. The molecular weight excluding hydrogens is 518 g/mol. The Labute approximate surface area is 238 Å². The number of carbonyl (C=O) groups excluding carboxylic acids is 1. The second-order valence-corrected chi connectivity index (χ2v) is 11.9. The molecule has 7 rings (SSSR count). The lowest BCUT2D eigenvalue weighted by Gasteiger charge is -2.32. The molecule has 2 fully saturated rings. The van der Waals surface area contributed by atoms with Crippen molar-refractivity contribution in [2.24, 2.45) is 5.41 Å². The normalized spacial score (nSPS) is 23.0. The quantitative estimate of drug-likeness (QED) is 0.262. The molecule has 1 aliphatic heterocycles. The van der Waals surface area contributed by atoms with Crippen LogP contribution in [0.4, 0.5) is 4.79 Å². The predicted octanol–water partition coefficient (Wildman–Crippen LogP) is 6.55. The average Bonchev–Trinajstić information content (AvgIpc) is 3.61. The molecule has 3 heterocycles. The van der Waals surface area contributed by atoms with E-state index in [1.165, 1.54) is 5.56 Å². The number of nitrogens with zero attached hydrogens (tertiary/aromatic N) is 3. The zero-order valence-corrected chi connectivity index (χ0v) is 22.9. The average molecular weight is 552 g/mol. The summed E-state index contributed by atoms with van der Waals surface area (Å²) >= 11 is 0. The first kappa shape index (κ1) is 25.6. The van der Waals surface area contributed by atoms with Crippen LogP contribution < -0.4 is 4.74 Å². The van der Waals surface area contributed by atoms with Gasteiger partial charge in [-0.1, -0.05) is 30.3 Å². The van der Waals surface area contributed by atoms with E-state index in [-0.39, 0.29) is 11.3 Å². The summed E-state index contributed by atoms with van der Waals surface area (Å²) in [4.78, 5) is 31.6. The number of amides is 1. The fraction of sp³-hybridized carbons (Fsp3) is 0.364. The Kier molecular flexibility index (Phi) is 6.21. The number of aromatic nitrogens is 2. The third-order valence-corrected chi connectivity index (χ3v) is 9.36. The summed E-state index contributed by atoms with van der Waals surface area (Å²) in [6, 6.07) is 22.0. The molecule has 8 heteroatoms. The van der Waals surface area contributed by atoms with Gasteiger partial charge in [0.1, 0.15) is 22.7 Å². The Morgan fingerprint density at radius 2 is 1.68 bits per heavy atom. The molecule has 2 saturated carbocycles. The van der Waals surface area contributed by atoms with Crippen molar-refractivity contribution in [2.75, 3.05) is 6.54 Å². The summed E-state index contributed by atoms with van der Waals surface area (Å²) < 4.78 is 13.5. The van der Waals surface area contributed by atoms with Gasteiger partial charge in [-0.25, -0.2) is 9.78 Å². The van der Waals surface area contributed by atoms with Gasteiger partial charge in [-0.3, -0.25) is 4.79 Å². The van der Waals surface area contributed by atoms with E-state index in [1.807, 2.05) is 59.6 Å². The number of hydrogen-bond acceptors (Lipinski definition) is 5. The smallest absolute Gasteiger partial charge is 0.457 e. The molecule has 210 valence electrons. The standard InChI is InChI=1S/C33H33N3O5/c37-29(19-32-13-15-33(22-32,16-14-32)41-31(38)39)35-18-12-26-27-7-4-17-34-30(27)36(28(26)21-35)20-23-8-10-25(11-9-23)40-24-5-2-1-3-6-24/h1-11,17H,12-16,18-22H2,(H,38,39). The zero-order chi connectivity index (χ0) is 28.0. The molecule has 2 aromatic heterocycles. The highest BCUT2D eigenvalue weighted by molar-refractivity contribution is 5.84. The van der Waals surface area contributed by atoms with Crippen molar-refractivity contribution in [3.05, 3.63) is 89.7 Å². The van der Waals surface area contributed by atoms with E-state index in [1.54, 1.807) is 0 Å². The topological polar surface area (TPSA) is 93.9 Å². The molecule has 2 bridgehead atoms. The van der Waals surface area contributed by atoms with Gasteiger partial charge in [-0.05, 0) is 91.5 Å². The highest BCUT2D eigenvalue weighted by Crippen LogP contribution is 2.60. The van der Waals surface area contributed by atoms with Crippen molar-refractivity contribution in [3.63, 3.8) is 0 Å². The molecule has 1 N–H and O–H groups in total. The van der Waals surface area contributed by atoms with Crippen molar-refractivity contribution in [3.8, 4) is 11.5 Å². The van der Waals surface area contributed by atoms with Gasteiger partial charge >= 0.3 is 6.16 Å². The van der Waals surface area contributed by atoms with Gasteiger partial charge in [0.2, 0.25) is 5.91 Å². The van der Waals surface area contributed by atoms with Crippen LogP contribution in [0.15, 0.2) is 72.9 Å². The van der Waals surface area contributed by atoms with Gasteiger partial charge in [0.05, 0.1) is 6.54 Å². The Hall–Kier alpha value is -4.33. The van der Waals surface area contributed by atoms with Crippen LogP contribution >= 0.6 is 0 Å².